The summed E-state index contributed by atoms with van der Waals surface area (Å²) in [6.45, 7) is 6.73. The van der Waals surface area contributed by atoms with E-state index in [-0.39, 0.29) is 5.91 Å². The van der Waals surface area contributed by atoms with Crippen molar-refractivity contribution in [2.24, 2.45) is 0 Å². The molecule has 1 N–H and O–H groups in total. The molecular formula is C20H29NO2. The Balaban J connectivity index is 1.85. The van der Waals surface area contributed by atoms with Crippen LogP contribution in [0.4, 0.5) is 0 Å². The molecule has 1 aromatic carbocycles. The van der Waals surface area contributed by atoms with Gasteiger partial charge in [0, 0.05) is 6.54 Å². The molecule has 1 amide bonds. The molecule has 0 aromatic heterocycles. The SMILES string of the molecule is CC[C@H](Oc1cc(C)ccc1C)C(=O)NCCC1=CCCCC1. The van der Waals surface area contributed by atoms with Crippen LogP contribution in [0.25, 0.3) is 0 Å². The lowest BCUT2D eigenvalue weighted by molar-refractivity contribution is -0.128. The topological polar surface area (TPSA) is 38.3 Å². The van der Waals surface area contributed by atoms with E-state index in [0.717, 1.165) is 23.3 Å². The first-order valence-corrected chi connectivity index (χ1v) is 8.79. The van der Waals surface area contributed by atoms with Gasteiger partial charge in [-0.05, 0) is 69.6 Å². The van der Waals surface area contributed by atoms with Crippen molar-refractivity contribution in [3.8, 4) is 5.75 Å². The van der Waals surface area contributed by atoms with Gasteiger partial charge in [0.05, 0.1) is 0 Å². The molecule has 1 aromatic rings. The number of aryl methyl sites for hydroxylation is 2. The molecule has 0 saturated carbocycles. The standard InChI is InChI=1S/C20H29NO2/c1-4-18(23-19-14-15(2)10-11-16(19)3)20(22)21-13-12-17-8-6-5-7-9-17/h8,10-11,14,18H,4-7,9,12-13H2,1-3H3,(H,21,22)/t18-/m0/s1. The molecule has 0 saturated heterocycles. The number of rotatable bonds is 7. The summed E-state index contributed by atoms with van der Waals surface area (Å²) in [6, 6.07) is 6.09. The van der Waals surface area contributed by atoms with Gasteiger partial charge in [0.2, 0.25) is 0 Å². The summed E-state index contributed by atoms with van der Waals surface area (Å²) in [7, 11) is 0. The maximum atomic E-state index is 12.4. The van der Waals surface area contributed by atoms with E-state index in [1.165, 1.54) is 31.3 Å². The molecule has 0 fully saturated rings. The number of carbonyl (C=O) groups excluding carboxylic acids is 1. The second-order valence-electron chi connectivity index (χ2n) is 6.43. The van der Waals surface area contributed by atoms with Gasteiger partial charge in [0.25, 0.3) is 5.91 Å². The lowest BCUT2D eigenvalue weighted by atomic mass is 9.97. The van der Waals surface area contributed by atoms with Crippen LogP contribution >= 0.6 is 0 Å². The van der Waals surface area contributed by atoms with Crippen molar-refractivity contribution >= 4 is 5.91 Å². The first kappa shape index (κ1) is 17.6. The van der Waals surface area contributed by atoms with Gasteiger partial charge in [-0.2, -0.15) is 0 Å². The van der Waals surface area contributed by atoms with Crippen LogP contribution in [-0.2, 0) is 4.79 Å². The summed E-state index contributed by atoms with van der Waals surface area (Å²) in [5.41, 5.74) is 3.69. The molecule has 0 heterocycles. The van der Waals surface area contributed by atoms with Crippen molar-refractivity contribution in [3.05, 3.63) is 41.0 Å². The highest BCUT2D eigenvalue weighted by molar-refractivity contribution is 5.81. The van der Waals surface area contributed by atoms with Gasteiger partial charge < -0.3 is 10.1 Å². The van der Waals surface area contributed by atoms with Crippen LogP contribution in [0, 0.1) is 13.8 Å². The second-order valence-corrected chi connectivity index (χ2v) is 6.43. The monoisotopic (exact) mass is 315 g/mol. The Morgan fingerprint density at radius 1 is 1.30 bits per heavy atom. The summed E-state index contributed by atoms with van der Waals surface area (Å²) in [6.07, 6.45) is 8.51. The van der Waals surface area contributed by atoms with Crippen molar-refractivity contribution in [1.82, 2.24) is 5.32 Å². The maximum Gasteiger partial charge on any atom is 0.261 e. The van der Waals surface area contributed by atoms with Crippen LogP contribution in [0.2, 0.25) is 0 Å². The largest absolute Gasteiger partial charge is 0.480 e. The summed E-state index contributed by atoms with van der Waals surface area (Å²) < 4.78 is 5.95. The van der Waals surface area contributed by atoms with Crippen molar-refractivity contribution < 1.29 is 9.53 Å². The Hall–Kier alpha value is -1.77. The zero-order valence-electron chi connectivity index (χ0n) is 14.7. The average molecular weight is 315 g/mol. The fraction of sp³-hybridized carbons (Fsp3) is 0.550. The molecule has 3 heteroatoms. The highest BCUT2D eigenvalue weighted by atomic mass is 16.5. The molecule has 1 aliphatic carbocycles. The Morgan fingerprint density at radius 2 is 2.13 bits per heavy atom. The molecule has 3 nitrogen and oxygen atoms in total. The molecule has 1 atom stereocenters. The second kappa shape index (κ2) is 8.76. The van der Waals surface area contributed by atoms with Crippen LogP contribution in [-0.4, -0.2) is 18.6 Å². The summed E-state index contributed by atoms with van der Waals surface area (Å²) in [4.78, 5) is 12.4. The fourth-order valence-electron chi connectivity index (χ4n) is 2.90. The van der Waals surface area contributed by atoms with E-state index in [2.05, 4.69) is 17.5 Å². The molecule has 2 rings (SSSR count). The zero-order chi connectivity index (χ0) is 16.7. The molecule has 0 aliphatic heterocycles. The van der Waals surface area contributed by atoms with Crippen LogP contribution < -0.4 is 10.1 Å². The van der Waals surface area contributed by atoms with Gasteiger partial charge in [-0.1, -0.05) is 30.7 Å². The maximum absolute atomic E-state index is 12.4. The van der Waals surface area contributed by atoms with Crippen LogP contribution in [0.15, 0.2) is 29.8 Å². The molecule has 23 heavy (non-hydrogen) atoms. The van der Waals surface area contributed by atoms with Crippen molar-refractivity contribution in [2.45, 2.75) is 65.4 Å². The van der Waals surface area contributed by atoms with E-state index in [1.807, 2.05) is 32.9 Å². The third-order valence-electron chi connectivity index (χ3n) is 4.41. The highest BCUT2D eigenvalue weighted by Crippen LogP contribution is 2.22. The molecule has 0 radical (unpaired) electrons. The normalized spacial score (nSPS) is 15.7. The Bertz CT molecular complexity index is 563. The minimum Gasteiger partial charge on any atom is -0.480 e. The van der Waals surface area contributed by atoms with Crippen molar-refractivity contribution in [1.29, 1.82) is 0 Å². The van der Waals surface area contributed by atoms with Gasteiger partial charge in [0.1, 0.15) is 5.75 Å². The number of nitrogens with one attached hydrogen (secondary N) is 1. The van der Waals surface area contributed by atoms with Gasteiger partial charge >= 0.3 is 0 Å². The van der Waals surface area contributed by atoms with Crippen LogP contribution in [0.5, 0.6) is 5.75 Å². The van der Waals surface area contributed by atoms with Crippen molar-refractivity contribution in [2.75, 3.05) is 6.54 Å². The van der Waals surface area contributed by atoms with Crippen LogP contribution in [0.3, 0.4) is 0 Å². The van der Waals surface area contributed by atoms with E-state index in [4.69, 9.17) is 4.74 Å². The fourth-order valence-corrected chi connectivity index (χ4v) is 2.90. The Morgan fingerprint density at radius 3 is 2.83 bits per heavy atom. The van der Waals surface area contributed by atoms with E-state index < -0.39 is 6.10 Å². The lowest BCUT2D eigenvalue weighted by Crippen LogP contribution is -2.38. The number of benzene rings is 1. The minimum absolute atomic E-state index is 0.00943. The van der Waals surface area contributed by atoms with E-state index in [0.29, 0.717) is 13.0 Å². The molecule has 0 bridgehead atoms. The minimum atomic E-state index is -0.421. The third-order valence-corrected chi connectivity index (χ3v) is 4.41. The number of amides is 1. The first-order valence-electron chi connectivity index (χ1n) is 8.79. The van der Waals surface area contributed by atoms with Crippen LogP contribution in [0.1, 0.15) is 56.6 Å². The number of hydrogen-bond acceptors (Lipinski definition) is 2. The predicted octanol–water partition coefficient (Wildman–Crippen LogP) is 4.47. The quantitative estimate of drug-likeness (QED) is 0.754. The average Bonchev–Trinajstić information content (AvgIpc) is 2.56. The predicted molar refractivity (Wildman–Crippen MR) is 94.8 cm³/mol. The van der Waals surface area contributed by atoms with Gasteiger partial charge in [-0.25, -0.2) is 0 Å². The Kier molecular flexibility index (Phi) is 6.69. The third kappa shape index (κ3) is 5.42. The Labute approximate surface area is 140 Å². The van der Waals surface area contributed by atoms with E-state index in [9.17, 15) is 4.79 Å². The summed E-state index contributed by atoms with van der Waals surface area (Å²) in [5.74, 6) is 0.798. The van der Waals surface area contributed by atoms with E-state index in [1.54, 1.807) is 0 Å². The van der Waals surface area contributed by atoms with Gasteiger partial charge in [-0.3, -0.25) is 4.79 Å². The van der Waals surface area contributed by atoms with Crippen molar-refractivity contribution in [3.63, 3.8) is 0 Å². The lowest BCUT2D eigenvalue weighted by Gasteiger charge is -2.19. The molecule has 0 spiro atoms. The number of hydrogen-bond donors (Lipinski definition) is 1. The number of carbonyl (C=O) groups is 1. The smallest absolute Gasteiger partial charge is 0.261 e. The van der Waals surface area contributed by atoms with E-state index >= 15 is 0 Å². The molecule has 0 unspecified atom stereocenters. The number of ether oxygens (including phenoxy) is 1. The molecule has 126 valence electrons. The summed E-state index contributed by atoms with van der Waals surface area (Å²) in [5, 5.41) is 3.03. The van der Waals surface area contributed by atoms with Gasteiger partial charge in [-0.15, -0.1) is 0 Å². The molecule has 1 aliphatic rings. The summed E-state index contributed by atoms with van der Waals surface area (Å²) >= 11 is 0. The first-order chi connectivity index (χ1) is 11.1. The highest BCUT2D eigenvalue weighted by Gasteiger charge is 2.19. The number of allylic oxidation sites excluding steroid dienone is 1. The van der Waals surface area contributed by atoms with Gasteiger partial charge in [0.15, 0.2) is 6.10 Å². The zero-order valence-corrected chi connectivity index (χ0v) is 14.7. The molecular weight excluding hydrogens is 286 g/mol.